The van der Waals surface area contributed by atoms with Crippen molar-refractivity contribution in [2.75, 3.05) is 18.0 Å². The molecule has 0 saturated carbocycles. The first kappa shape index (κ1) is 12.0. The Bertz CT molecular complexity index is 579. The normalized spacial score (nSPS) is 15.5. The standard InChI is InChI=1S/C15H18N4/c1-18-12-14(11-17-18)16-10-13-6-2-3-7-15(13)19-8-4-5-9-19/h2-3,6-7,10-12H,4-5,8-9H2,1H3. The van der Waals surface area contributed by atoms with E-state index in [-0.39, 0.29) is 0 Å². The Balaban J connectivity index is 1.85. The van der Waals surface area contributed by atoms with Gasteiger partial charge in [0.2, 0.25) is 0 Å². The zero-order valence-corrected chi connectivity index (χ0v) is 11.2. The summed E-state index contributed by atoms with van der Waals surface area (Å²) in [6.45, 7) is 2.30. The SMILES string of the molecule is Cn1cc(N=Cc2ccccc2N2CCCC2)cn1. The summed E-state index contributed by atoms with van der Waals surface area (Å²) < 4.78 is 1.76. The van der Waals surface area contributed by atoms with Crippen molar-refractivity contribution in [1.29, 1.82) is 0 Å². The van der Waals surface area contributed by atoms with Crippen LogP contribution in [-0.2, 0) is 7.05 Å². The Labute approximate surface area is 113 Å². The van der Waals surface area contributed by atoms with E-state index in [0.29, 0.717) is 0 Å². The van der Waals surface area contributed by atoms with Gasteiger partial charge in [-0.15, -0.1) is 0 Å². The molecule has 1 aliphatic rings. The van der Waals surface area contributed by atoms with E-state index < -0.39 is 0 Å². The van der Waals surface area contributed by atoms with Gasteiger partial charge in [-0.05, 0) is 18.9 Å². The molecule has 19 heavy (non-hydrogen) atoms. The summed E-state index contributed by atoms with van der Waals surface area (Å²) in [6, 6.07) is 8.45. The first-order chi connectivity index (χ1) is 9.33. The Morgan fingerprint density at radius 1 is 1.21 bits per heavy atom. The van der Waals surface area contributed by atoms with Gasteiger partial charge in [0.15, 0.2) is 0 Å². The average molecular weight is 254 g/mol. The highest BCUT2D eigenvalue weighted by Gasteiger charge is 2.14. The summed E-state index contributed by atoms with van der Waals surface area (Å²) in [6.07, 6.45) is 8.19. The average Bonchev–Trinajstić information content (AvgIpc) is 3.08. The van der Waals surface area contributed by atoms with Crippen LogP contribution in [0.3, 0.4) is 0 Å². The highest BCUT2D eigenvalue weighted by Crippen LogP contribution is 2.23. The van der Waals surface area contributed by atoms with Crippen LogP contribution < -0.4 is 4.90 Å². The first-order valence-electron chi connectivity index (χ1n) is 6.69. The van der Waals surface area contributed by atoms with Gasteiger partial charge in [0.05, 0.1) is 12.4 Å². The van der Waals surface area contributed by atoms with E-state index in [2.05, 4.69) is 39.3 Å². The van der Waals surface area contributed by atoms with E-state index in [1.165, 1.54) is 24.1 Å². The zero-order chi connectivity index (χ0) is 13.1. The van der Waals surface area contributed by atoms with Crippen LogP contribution in [0.15, 0.2) is 41.7 Å². The number of nitrogens with zero attached hydrogens (tertiary/aromatic N) is 4. The predicted molar refractivity (Wildman–Crippen MR) is 78.4 cm³/mol. The van der Waals surface area contributed by atoms with Crippen molar-refractivity contribution in [3.63, 3.8) is 0 Å². The summed E-state index contributed by atoms with van der Waals surface area (Å²) in [7, 11) is 1.90. The van der Waals surface area contributed by atoms with Gasteiger partial charge in [-0.1, -0.05) is 18.2 Å². The van der Waals surface area contributed by atoms with E-state index in [1.807, 2.05) is 19.5 Å². The maximum absolute atomic E-state index is 4.49. The molecule has 4 nitrogen and oxygen atoms in total. The van der Waals surface area contributed by atoms with Crippen molar-refractivity contribution in [2.24, 2.45) is 12.0 Å². The van der Waals surface area contributed by atoms with Gasteiger partial charge in [0, 0.05) is 37.6 Å². The zero-order valence-electron chi connectivity index (χ0n) is 11.2. The lowest BCUT2D eigenvalue weighted by molar-refractivity contribution is 0.768. The van der Waals surface area contributed by atoms with Crippen molar-refractivity contribution < 1.29 is 0 Å². The second-order valence-electron chi connectivity index (χ2n) is 4.88. The molecule has 1 aromatic carbocycles. The van der Waals surface area contributed by atoms with E-state index >= 15 is 0 Å². The lowest BCUT2D eigenvalue weighted by Crippen LogP contribution is -2.19. The number of anilines is 1. The second kappa shape index (κ2) is 5.26. The fraction of sp³-hybridized carbons (Fsp3) is 0.333. The lowest BCUT2D eigenvalue weighted by Gasteiger charge is -2.19. The van der Waals surface area contributed by atoms with Crippen LogP contribution in [-0.4, -0.2) is 29.1 Å². The highest BCUT2D eigenvalue weighted by molar-refractivity contribution is 5.89. The smallest absolute Gasteiger partial charge is 0.101 e. The number of benzene rings is 1. The largest absolute Gasteiger partial charge is 0.371 e. The minimum atomic E-state index is 0.888. The fourth-order valence-corrected chi connectivity index (χ4v) is 2.46. The summed E-state index contributed by atoms with van der Waals surface area (Å²) >= 11 is 0. The van der Waals surface area contributed by atoms with Crippen molar-refractivity contribution in [2.45, 2.75) is 12.8 Å². The third-order valence-corrected chi connectivity index (χ3v) is 3.43. The summed E-state index contributed by atoms with van der Waals surface area (Å²) in [5.41, 5.74) is 3.35. The van der Waals surface area contributed by atoms with E-state index in [9.17, 15) is 0 Å². The number of aromatic nitrogens is 2. The van der Waals surface area contributed by atoms with Crippen LogP contribution in [0.5, 0.6) is 0 Å². The lowest BCUT2D eigenvalue weighted by atomic mass is 10.2. The number of aryl methyl sites for hydroxylation is 1. The van der Waals surface area contributed by atoms with Crippen molar-refractivity contribution in [3.8, 4) is 0 Å². The molecule has 1 fully saturated rings. The highest BCUT2D eigenvalue weighted by atomic mass is 15.2. The van der Waals surface area contributed by atoms with Gasteiger partial charge in [-0.25, -0.2) is 0 Å². The molecule has 1 aromatic heterocycles. The van der Waals surface area contributed by atoms with Crippen molar-refractivity contribution in [3.05, 3.63) is 42.2 Å². The van der Waals surface area contributed by atoms with Crippen molar-refractivity contribution in [1.82, 2.24) is 9.78 Å². The van der Waals surface area contributed by atoms with E-state index in [4.69, 9.17) is 0 Å². The van der Waals surface area contributed by atoms with Crippen LogP contribution in [0.1, 0.15) is 18.4 Å². The number of rotatable bonds is 3. The van der Waals surface area contributed by atoms with Crippen LogP contribution in [0.25, 0.3) is 0 Å². The molecule has 0 aliphatic carbocycles. The van der Waals surface area contributed by atoms with Gasteiger partial charge in [-0.2, -0.15) is 5.10 Å². The second-order valence-corrected chi connectivity index (χ2v) is 4.88. The molecule has 0 N–H and O–H groups in total. The quantitative estimate of drug-likeness (QED) is 0.789. The minimum absolute atomic E-state index is 0.888. The van der Waals surface area contributed by atoms with Gasteiger partial charge in [0.25, 0.3) is 0 Å². The molecule has 1 aliphatic heterocycles. The molecule has 2 heterocycles. The van der Waals surface area contributed by atoms with Crippen LogP contribution >= 0.6 is 0 Å². The molecule has 1 saturated heterocycles. The molecule has 0 spiro atoms. The van der Waals surface area contributed by atoms with Gasteiger partial charge in [0.1, 0.15) is 5.69 Å². The third-order valence-electron chi connectivity index (χ3n) is 3.43. The first-order valence-corrected chi connectivity index (χ1v) is 6.69. The number of para-hydroxylation sites is 1. The molecule has 0 radical (unpaired) electrons. The maximum Gasteiger partial charge on any atom is 0.101 e. The van der Waals surface area contributed by atoms with Gasteiger partial charge in [-0.3, -0.25) is 9.67 Å². The molecule has 4 heteroatoms. The molecule has 98 valence electrons. The fourth-order valence-electron chi connectivity index (χ4n) is 2.46. The molecular weight excluding hydrogens is 236 g/mol. The molecule has 0 bridgehead atoms. The Kier molecular flexibility index (Phi) is 3.31. The predicted octanol–water partition coefficient (Wildman–Crippen LogP) is 2.77. The number of aliphatic imine (C=N–C) groups is 1. The van der Waals surface area contributed by atoms with Gasteiger partial charge >= 0.3 is 0 Å². The van der Waals surface area contributed by atoms with E-state index in [0.717, 1.165) is 18.8 Å². The van der Waals surface area contributed by atoms with Crippen LogP contribution in [0, 0.1) is 0 Å². The molecule has 3 rings (SSSR count). The molecule has 0 atom stereocenters. The Morgan fingerprint density at radius 3 is 2.74 bits per heavy atom. The van der Waals surface area contributed by atoms with Crippen molar-refractivity contribution >= 4 is 17.6 Å². The minimum Gasteiger partial charge on any atom is -0.371 e. The van der Waals surface area contributed by atoms with Crippen LogP contribution in [0.2, 0.25) is 0 Å². The summed E-state index contributed by atoms with van der Waals surface area (Å²) in [4.78, 5) is 6.93. The number of hydrogen-bond acceptors (Lipinski definition) is 3. The Hall–Kier alpha value is -2.10. The molecule has 0 amide bonds. The van der Waals surface area contributed by atoms with E-state index in [1.54, 1.807) is 10.9 Å². The maximum atomic E-state index is 4.49. The number of hydrogen-bond donors (Lipinski definition) is 0. The summed E-state index contributed by atoms with van der Waals surface area (Å²) in [5.74, 6) is 0. The topological polar surface area (TPSA) is 33.4 Å². The molecule has 0 unspecified atom stereocenters. The third kappa shape index (κ3) is 2.67. The summed E-state index contributed by atoms with van der Waals surface area (Å²) in [5, 5.41) is 4.12. The monoisotopic (exact) mass is 254 g/mol. The molecular formula is C15H18N4. The Morgan fingerprint density at radius 2 is 2.00 bits per heavy atom. The van der Waals surface area contributed by atoms with Crippen LogP contribution in [0.4, 0.5) is 11.4 Å². The molecule has 2 aromatic rings. The van der Waals surface area contributed by atoms with Gasteiger partial charge < -0.3 is 4.90 Å².